The van der Waals surface area contributed by atoms with Crippen LogP contribution in [0.2, 0.25) is 0 Å². The van der Waals surface area contributed by atoms with Crippen LogP contribution in [0, 0.1) is 0 Å². The van der Waals surface area contributed by atoms with Gasteiger partial charge in [-0.25, -0.2) is 4.79 Å². The monoisotopic (exact) mass is 563 g/mol. The number of carbonyl (C=O) groups excluding carboxylic acids is 2. The second-order valence-corrected chi connectivity index (χ2v) is 9.39. The molecular formula is C29H33N5O7. The zero-order valence-corrected chi connectivity index (χ0v) is 23.3. The van der Waals surface area contributed by atoms with E-state index in [-0.39, 0.29) is 42.8 Å². The van der Waals surface area contributed by atoms with Gasteiger partial charge in [-0.1, -0.05) is 55.3 Å². The van der Waals surface area contributed by atoms with Gasteiger partial charge in [-0.2, -0.15) is 9.97 Å². The van der Waals surface area contributed by atoms with Crippen molar-refractivity contribution >= 4 is 23.5 Å². The zero-order chi connectivity index (χ0) is 29.2. The molecule has 3 heterocycles. The van der Waals surface area contributed by atoms with Crippen LogP contribution in [0.3, 0.4) is 0 Å². The molecule has 1 N–H and O–H groups in total. The molecule has 41 heavy (non-hydrogen) atoms. The number of benzene rings is 1. The van der Waals surface area contributed by atoms with Crippen LogP contribution in [0.25, 0.3) is 0 Å². The van der Waals surface area contributed by atoms with Crippen LogP contribution >= 0.6 is 0 Å². The Kier molecular flexibility index (Phi) is 10.0. The summed E-state index contributed by atoms with van der Waals surface area (Å²) in [5, 5.41) is 6.80. The summed E-state index contributed by atoms with van der Waals surface area (Å²) in [7, 11) is 2.84. The highest BCUT2D eigenvalue weighted by Gasteiger charge is 2.40. The molecule has 0 aliphatic carbocycles. The van der Waals surface area contributed by atoms with E-state index in [1.807, 2.05) is 30.3 Å². The maximum absolute atomic E-state index is 13.6. The minimum atomic E-state index is -1.02. The number of amides is 2. The van der Waals surface area contributed by atoms with Gasteiger partial charge < -0.3 is 23.6 Å². The maximum atomic E-state index is 13.6. The van der Waals surface area contributed by atoms with E-state index in [4.69, 9.17) is 18.7 Å². The summed E-state index contributed by atoms with van der Waals surface area (Å²) < 4.78 is 15.7. The number of hydrogen-bond acceptors (Lipinski definition) is 10. The first-order valence-corrected chi connectivity index (χ1v) is 13.3. The standard InChI is InChI=1S/C29H33N5O7/c1-4-5-7-12-21-13-14-22(28(37)41-21)27(36)34-17-20(33-40-18-19-10-8-6-9-11-19)15-23(34)26(35)32-29-30-24(38-2)16-25(31-29)39-3/h6,8-11,13-14,16,23H,4-5,7,12,15,17-18H2,1-3H3,(H,30,31,32,35)/b33-20+/t23-/m0/s1. The molecular weight excluding hydrogens is 530 g/mol. The molecule has 0 radical (unpaired) electrons. The number of rotatable bonds is 12. The Hall–Kier alpha value is -4.74. The van der Waals surface area contributed by atoms with Crippen LogP contribution < -0.4 is 20.4 Å². The third kappa shape index (κ3) is 7.68. The van der Waals surface area contributed by atoms with Crippen LogP contribution in [0.5, 0.6) is 11.8 Å². The number of unbranched alkanes of at least 4 members (excludes halogenated alkanes) is 2. The van der Waals surface area contributed by atoms with Gasteiger partial charge >= 0.3 is 5.63 Å². The van der Waals surface area contributed by atoms with Gasteiger partial charge in [0.15, 0.2) is 0 Å². The molecule has 0 bridgehead atoms. The van der Waals surface area contributed by atoms with Crippen LogP contribution in [0.15, 0.2) is 62.9 Å². The van der Waals surface area contributed by atoms with E-state index >= 15 is 0 Å². The van der Waals surface area contributed by atoms with E-state index < -0.39 is 23.5 Å². The van der Waals surface area contributed by atoms with Crippen LogP contribution in [-0.2, 0) is 22.7 Å². The van der Waals surface area contributed by atoms with Crippen molar-refractivity contribution in [2.24, 2.45) is 5.16 Å². The molecule has 1 aliphatic rings. The van der Waals surface area contributed by atoms with Crippen molar-refractivity contribution < 1.29 is 28.3 Å². The molecule has 216 valence electrons. The first kappa shape index (κ1) is 29.2. The fraction of sp³-hybridized carbons (Fsp3) is 0.379. The highest BCUT2D eigenvalue weighted by Crippen LogP contribution is 2.22. The smallest absolute Gasteiger partial charge is 0.348 e. The second kappa shape index (κ2) is 14.1. The fourth-order valence-electron chi connectivity index (χ4n) is 4.30. The number of carbonyl (C=O) groups is 2. The Morgan fingerprint density at radius 3 is 2.46 bits per heavy atom. The quantitative estimate of drug-likeness (QED) is 0.258. The van der Waals surface area contributed by atoms with Gasteiger partial charge in [0, 0.05) is 12.8 Å². The van der Waals surface area contributed by atoms with Gasteiger partial charge in [0.1, 0.15) is 24.0 Å². The topological polar surface area (TPSA) is 145 Å². The number of nitrogens with one attached hydrogen (secondary N) is 1. The number of methoxy groups -OCH3 is 2. The van der Waals surface area contributed by atoms with E-state index in [0.29, 0.717) is 17.9 Å². The average molecular weight is 564 g/mol. The molecule has 1 fully saturated rings. The Morgan fingerprint density at radius 1 is 1.07 bits per heavy atom. The van der Waals surface area contributed by atoms with Gasteiger partial charge in [0.2, 0.25) is 23.6 Å². The fourth-order valence-corrected chi connectivity index (χ4v) is 4.30. The number of aryl methyl sites for hydroxylation is 1. The lowest BCUT2D eigenvalue weighted by atomic mass is 10.1. The molecule has 1 aliphatic heterocycles. The molecule has 0 unspecified atom stereocenters. The van der Waals surface area contributed by atoms with Crippen LogP contribution in [0.4, 0.5) is 5.95 Å². The SMILES string of the molecule is CCCCCc1ccc(C(=O)N2C/C(=N/OCc3ccccc3)C[C@H]2C(=O)Nc2nc(OC)cc(OC)n2)c(=O)o1. The number of ether oxygens (including phenoxy) is 2. The lowest BCUT2D eigenvalue weighted by Crippen LogP contribution is -2.44. The number of hydrogen-bond donors (Lipinski definition) is 1. The van der Waals surface area contributed by atoms with Crippen LogP contribution in [-0.4, -0.2) is 59.2 Å². The minimum Gasteiger partial charge on any atom is -0.481 e. The molecule has 1 aromatic carbocycles. The summed E-state index contributed by atoms with van der Waals surface area (Å²) >= 11 is 0. The third-order valence-corrected chi connectivity index (χ3v) is 6.46. The maximum Gasteiger partial charge on any atom is 0.348 e. The Labute approximate surface area is 237 Å². The summed E-state index contributed by atoms with van der Waals surface area (Å²) in [6, 6.07) is 13.0. The molecule has 12 nitrogen and oxygen atoms in total. The van der Waals surface area contributed by atoms with Crippen molar-refractivity contribution in [3.8, 4) is 11.8 Å². The van der Waals surface area contributed by atoms with Crippen molar-refractivity contribution in [1.29, 1.82) is 0 Å². The largest absolute Gasteiger partial charge is 0.481 e. The Bertz CT molecular complexity index is 1420. The molecule has 1 saturated heterocycles. The van der Waals surface area contributed by atoms with Gasteiger partial charge in [0.25, 0.3) is 5.91 Å². The van der Waals surface area contributed by atoms with Crippen molar-refractivity contribution in [3.05, 3.63) is 75.8 Å². The molecule has 3 aromatic rings. The predicted molar refractivity (Wildman–Crippen MR) is 150 cm³/mol. The van der Waals surface area contributed by atoms with Crippen molar-refractivity contribution in [2.75, 3.05) is 26.1 Å². The predicted octanol–water partition coefficient (Wildman–Crippen LogP) is 3.61. The zero-order valence-electron chi connectivity index (χ0n) is 23.3. The highest BCUT2D eigenvalue weighted by molar-refractivity contribution is 6.07. The first-order valence-electron chi connectivity index (χ1n) is 13.3. The molecule has 12 heteroatoms. The van der Waals surface area contributed by atoms with E-state index in [0.717, 1.165) is 24.8 Å². The van der Waals surface area contributed by atoms with E-state index in [2.05, 4.69) is 27.4 Å². The van der Waals surface area contributed by atoms with Crippen molar-refractivity contribution in [1.82, 2.24) is 14.9 Å². The number of anilines is 1. The van der Waals surface area contributed by atoms with E-state index in [1.165, 1.54) is 31.3 Å². The molecule has 1 atom stereocenters. The van der Waals surface area contributed by atoms with E-state index in [9.17, 15) is 14.4 Å². The number of oxime groups is 1. The number of likely N-dealkylation sites (tertiary alicyclic amines) is 1. The summed E-state index contributed by atoms with van der Waals surface area (Å²) in [5.74, 6) is -0.435. The number of aromatic nitrogens is 2. The van der Waals surface area contributed by atoms with Gasteiger partial charge in [-0.05, 0) is 24.1 Å². The Morgan fingerprint density at radius 2 is 1.80 bits per heavy atom. The molecule has 2 amide bonds. The second-order valence-electron chi connectivity index (χ2n) is 9.39. The summed E-state index contributed by atoms with van der Waals surface area (Å²) in [5.41, 5.74) is 0.444. The van der Waals surface area contributed by atoms with Crippen molar-refractivity contribution in [3.63, 3.8) is 0 Å². The summed E-state index contributed by atoms with van der Waals surface area (Å²) in [6.45, 7) is 2.28. The molecule has 0 saturated carbocycles. The lowest BCUT2D eigenvalue weighted by molar-refractivity contribution is -0.119. The Balaban J connectivity index is 1.56. The molecule has 4 rings (SSSR count). The lowest BCUT2D eigenvalue weighted by Gasteiger charge is -2.22. The first-order chi connectivity index (χ1) is 19.9. The normalized spacial score (nSPS) is 15.5. The third-order valence-electron chi connectivity index (χ3n) is 6.46. The van der Waals surface area contributed by atoms with Gasteiger partial charge in [-0.3, -0.25) is 14.9 Å². The number of nitrogens with zero attached hydrogens (tertiary/aromatic N) is 4. The highest BCUT2D eigenvalue weighted by atomic mass is 16.6. The van der Waals surface area contributed by atoms with E-state index in [1.54, 1.807) is 6.07 Å². The summed E-state index contributed by atoms with van der Waals surface area (Å²) in [4.78, 5) is 54.8. The minimum absolute atomic E-state index is 0.0221. The van der Waals surface area contributed by atoms with Crippen molar-refractivity contribution in [2.45, 2.75) is 51.7 Å². The molecule has 0 spiro atoms. The average Bonchev–Trinajstić information content (AvgIpc) is 3.42. The molecule has 2 aromatic heterocycles. The van der Waals surface area contributed by atoms with Gasteiger partial charge in [-0.15, -0.1) is 0 Å². The van der Waals surface area contributed by atoms with Crippen LogP contribution in [0.1, 0.15) is 54.3 Å². The van der Waals surface area contributed by atoms with Gasteiger partial charge in [0.05, 0.1) is 32.5 Å². The summed E-state index contributed by atoms with van der Waals surface area (Å²) in [6.07, 6.45) is 3.60.